The summed E-state index contributed by atoms with van der Waals surface area (Å²) in [5, 5.41) is 14.0. The third-order valence-corrected chi connectivity index (χ3v) is 6.16. The molecule has 37 heavy (non-hydrogen) atoms. The van der Waals surface area contributed by atoms with Crippen LogP contribution >= 0.6 is 11.8 Å². The molecule has 0 aliphatic carbocycles. The maximum absolute atomic E-state index is 13.8. The highest BCUT2D eigenvalue weighted by Crippen LogP contribution is 2.23. The van der Waals surface area contributed by atoms with Crippen LogP contribution in [0.25, 0.3) is 5.69 Å². The summed E-state index contributed by atoms with van der Waals surface area (Å²) in [4.78, 5) is 24.9. The first-order valence-electron chi connectivity index (χ1n) is 11.2. The van der Waals surface area contributed by atoms with Crippen molar-refractivity contribution >= 4 is 29.3 Å². The summed E-state index contributed by atoms with van der Waals surface area (Å²) in [6.45, 7) is 0.0569. The van der Waals surface area contributed by atoms with Crippen LogP contribution in [0.15, 0.2) is 78.0 Å². The Morgan fingerprint density at radius 3 is 2.38 bits per heavy atom. The predicted octanol–water partition coefficient (Wildman–Crippen LogP) is 4.14. The van der Waals surface area contributed by atoms with Gasteiger partial charge in [0, 0.05) is 5.69 Å². The van der Waals surface area contributed by atoms with Gasteiger partial charge in [0.25, 0.3) is 0 Å². The van der Waals surface area contributed by atoms with E-state index in [0.717, 1.165) is 17.3 Å². The van der Waals surface area contributed by atoms with Crippen LogP contribution in [0.1, 0.15) is 11.4 Å². The van der Waals surface area contributed by atoms with Crippen LogP contribution in [0, 0.1) is 11.6 Å². The largest absolute Gasteiger partial charge is 0.497 e. The van der Waals surface area contributed by atoms with E-state index in [0.29, 0.717) is 22.4 Å². The third-order valence-electron chi connectivity index (χ3n) is 5.23. The lowest BCUT2D eigenvalue weighted by molar-refractivity contribution is -0.120. The molecule has 1 aromatic heterocycles. The molecule has 8 nitrogen and oxygen atoms in total. The molecule has 2 amide bonds. The average molecular weight is 524 g/mol. The molecule has 11 heteroatoms. The van der Waals surface area contributed by atoms with Crippen molar-refractivity contribution in [1.82, 2.24) is 20.1 Å². The Bertz CT molecular complexity index is 1380. The number of benzene rings is 3. The maximum atomic E-state index is 13.8. The quantitative estimate of drug-likeness (QED) is 0.303. The summed E-state index contributed by atoms with van der Waals surface area (Å²) in [7, 11) is 1.57. The van der Waals surface area contributed by atoms with Gasteiger partial charge in [0.2, 0.25) is 11.8 Å². The number of rotatable bonds is 10. The number of carbonyl (C=O) groups excluding carboxylic acids is 2. The van der Waals surface area contributed by atoms with Gasteiger partial charge in [0.15, 0.2) is 11.0 Å². The lowest BCUT2D eigenvalue weighted by atomic mass is 10.1. The Morgan fingerprint density at radius 2 is 1.68 bits per heavy atom. The van der Waals surface area contributed by atoms with Crippen LogP contribution in [0.5, 0.6) is 5.75 Å². The van der Waals surface area contributed by atoms with Gasteiger partial charge in [0.05, 0.1) is 31.5 Å². The molecule has 0 radical (unpaired) electrons. The highest BCUT2D eigenvalue weighted by molar-refractivity contribution is 7.99. The molecule has 190 valence electrons. The van der Waals surface area contributed by atoms with Crippen molar-refractivity contribution in [2.24, 2.45) is 0 Å². The number of carbonyl (C=O) groups is 2. The topological polar surface area (TPSA) is 98.1 Å². The van der Waals surface area contributed by atoms with Crippen LogP contribution in [-0.2, 0) is 22.6 Å². The van der Waals surface area contributed by atoms with Crippen molar-refractivity contribution in [3.63, 3.8) is 0 Å². The van der Waals surface area contributed by atoms with Gasteiger partial charge in [-0.05, 0) is 54.1 Å². The first kappa shape index (κ1) is 25.8. The number of hydrogen-bond acceptors (Lipinski definition) is 6. The summed E-state index contributed by atoms with van der Waals surface area (Å²) in [6, 6.07) is 18.7. The Morgan fingerprint density at radius 1 is 0.946 bits per heavy atom. The van der Waals surface area contributed by atoms with Gasteiger partial charge in [-0.15, -0.1) is 10.2 Å². The molecule has 0 spiro atoms. The number of nitrogens with one attached hydrogen (secondary N) is 2. The van der Waals surface area contributed by atoms with Gasteiger partial charge in [0.1, 0.15) is 17.4 Å². The second kappa shape index (κ2) is 12.1. The highest BCUT2D eigenvalue weighted by Gasteiger charge is 2.17. The predicted molar refractivity (Wildman–Crippen MR) is 136 cm³/mol. The molecule has 0 unspecified atom stereocenters. The van der Waals surface area contributed by atoms with Gasteiger partial charge >= 0.3 is 0 Å². The number of methoxy groups -OCH3 is 1. The van der Waals surface area contributed by atoms with E-state index in [1.807, 2.05) is 0 Å². The zero-order valence-corrected chi connectivity index (χ0v) is 20.6. The van der Waals surface area contributed by atoms with Crippen molar-refractivity contribution in [1.29, 1.82) is 0 Å². The van der Waals surface area contributed by atoms with Crippen LogP contribution in [0.3, 0.4) is 0 Å². The number of ether oxygens (including phenoxy) is 1. The molecular formula is C26H23F2N5O3S. The lowest BCUT2D eigenvalue weighted by Gasteiger charge is -2.11. The Labute approximate surface area is 216 Å². The number of thioether (sulfide) groups is 1. The number of aromatic nitrogens is 3. The molecule has 0 bridgehead atoms. The summed E-state index contributed by atoms with van der Waals surface area (Å²) in [6.07, 6.45) is 0.159. The molecule has 0 aliphatic heterocycles. The Kier molecular flexibility index (Phi) is 8.47. The molecule has 1 heterocycles. The summed E-state index contributed by atoms with van der Waals surface area (Å²) in [5.41, 5.74) is 1.45. The van der Waals surface area contributed by atoms with E-state index in [9.17, 15) is 18.4 Å². The zero-order chi connectivity index (χ0) is 26.2. The lowest BCUT2D eigenvalue weighted by Crippen LogP contribution is -2.26. The van der Waals surface area contributed by atoms with Crippen LogP contribution in [-0.4, -0.2) is 39.4 Å². The second-order valence-electron chi connectivity index (χ2n) is 7.83. The number of nitrogens with zero attached hydrogens (tertiary/aromatic N) is 3. The van der Waals surface area contributed by atoms with E-state index in [4.69, 9.17) is 4.74 Å². The zero-order valence-electron chi connectivity index (χ0n) is 19.8. The van der Waals surface area contributed by atoms with E-state index in [1.54, 1.807) is 54.1 Å². The number of para-hydroxylation sites is 1. The van der Waals surface area contributed by atoms with Crippen molar-refractivity contribution in [3.8, 4) is 11.4 Å². The summed E-state index contributed by atoms with van der Waals surface area (Å²) < 4.78 is 34.1. The SMILES string of the molecule is COc1ccc(CC(=O)NCc2nnc(SCC(=O)Nc3ccccc3F)n2-c2ccc(F)cc2)cc1. The van der Waals surface area contributed by atoms with E-state index in [2.05, 4.69) is 20.8 Å². The Hall–Kier alpha value is -4.25. The third kappa shape index (κ3) is 6.91. The summed E-state index contributed by atoms with van der Waals surface area (Å²) in [5.74, 6) is -0.587. The number of amides is 2. The van der Waals surface area contributed by atoms with Crippen LogP contribution in [0.2, 0.25) is 0 Å². The molecule has 3 aromatic carbocycles. The smallest absolute Gasteiger partial charge is 0.234 e. The molecule has 0 atom stereocenters. The molecular weight excluding hydrogens is 500 g/mol. The minimum atomic E-state index is -0.539. The van der Waals surface area contributed by atoms with E-state index in [1.165, 1.54) is 30.3 Å². The molecule has 0 fully saturated rings. The first-order chi connectivity index (χ1) is 17.9. The van der Waals surface area contributed by atoms with E-state index >= 15 is 0 Å². The number of hydrogen-bond donors (Lipinski definition) is 2. The van der Waals surface area contributed by atoms with E-state index in [-0.39, 0.29) is 30.3 Å². The van der Waals surface area contributed by atoms with Gasteiger partial charge in [-0.2, -0.15) is 0 Å². The second-order valence-corrected chi connectivity index (χ2v) is 8.77. The van der Waals surface area contributed by atoms with Crippen molar-refractivity contribution in [2.45, 2.75) is 18.1 Å². The average Bonchev–Trinajstić information content (AvgIpc) is 3.31. The van der Waals surface area contributed by atoms with Gasteiger partial charge in [-0.1, -0.05) is 36.0 Å². The molecule has 4 rings (SSSR count). The van der Waals surface area contributed by atoms with Crippen molar-refractivity contribution in [2.75, 3.05) is 18.2 Å². The van der Waals surface area contributed by atoms with Gasteiger partial charge in [-0.25, -0.2) is 8.78 Å². The van der Waals surface area contributed by atoms with E-state index < -0.39 is 17.5 Å². The van der Waals surface area contributed by atoms with Gasteiger partial charge in [-0.3, -0.25) is 14.2 Å². The van der Waals surface area contributed by atoms with Crippen LogP contribution < -0.4 is 15.4 Å². The van der Waals surface area contributed by atoms with Gasteiger partial charge < -0.3 is 15.4 Å². The standard InChI is InChI=1S/C26H23F2N5O3S/c1-36-20-12-6-17(7-13-20)14-24(34)29-15-23-31-32-26(33(23)19-10-8-18(27)9-11-19)37-16-25(35)30-22-5-3-2-4-21(22)28/h2-13H,14-16H2,1H3,(H,29,34)(H,30,35). The maximum Gasteiger partial charge on any atom is 0.234 e. The normalized spacial score (nSPS) is 10.7. The molecule has 0 aliphatic rings. The van der Waals surface area contributed by atoms with Crippen LogP contribution in [0.4, 0.5) is 14.5 Å². The molecule has 4 aromatic rings. The Balaban J connectivity index is 1.45. The van der Waals surface area contributed by atoms with Crippen molar-refractivity contribution < 1.29 is 23.1 Å². The molecule has 2 N–H and O–H groups in total. The highest BCUT2D eigenvalue weighted by atomic mass is 32.2. The first-order valence-corrected chi connectivity index (χ1v) is 12.2. The van der Waals surface area contributed by atoms with Crippen molar-refractivity contribution in [3.05, 3.63) is 95.8 Å². The number of halogens is 2. The fraction of sp³-hybridized carbons (Fsp3) is 0.154. The molecule has 0 saturated carbocycles. The minimum Gasteiger partial charge on any atom is -0.497 e. The number of anilines is 1. The minimum absolute atomic E-state index is 0.0569. The fourth-order valence-electron chi connectivity index (χ4n) is 3.41. The summed E-state index contributed by atoms with van der Waals surface area (Å²) >= 11 is 1.08. The molecule has 0 saturated heterocycles. The monoisotopic (exact) mass is 523 g/mol. The fourth-order valence-corrected chi connectivity index (χ4v) is 4.18.